The van der Waals surface area contributed by atoms with Crippen LogP contribution in [0.1, 0.15) is 27.7 Å². The van der Waals surface area contributed by atoms with Crippen LogP contribution < -0.4 is 10.6 Å². The average Bonchev–Trinajstić information content (AvgIpc) is 3.02. The lowest BCUT2D eigenvalue weighted by Crippen LogP contribution is -2.12. The van der Waals surface area contributed by atoms with Gasteiger partial charge in [0.2, 0.25) is 5.91 Å². The number of nitrogens with zero attached hydrogens (tertiary/aromatic N) is 1. The van der Waals surface area contributed by atoms with Crippen LogP contribution in [0, 0.1) is 0 Å². The number of hydrogen-bond acceptors (Lipinski definition) is 4. The normalized spacial score (nSPS) is 10.4. The summed E-state index contributed by atoms with van der Waals surface area (Å²) < 4.78 is 0. The van der Waals surface area contributed by atoms with Crippen LogP contribution >= 0.6 is 22.9 Å². The van der Waals surface area contributed by atoms with Crippen LogP contribution in [0.4, 0.5) is 10.8 Å². The second-order valence-electron chi connectivity index (χ2n) is 5.65. The molecular formula is C19H16ClN3O2S. The predicted molar refractivity (Wildman–Crippen MR) is 105 cm³/mol. The molecule has 1 aromatic heterocycles. The number of carbonyl (C=O) groups excluding carboxylic acids is 2. The molecule has 5 nitrogen and oxygen atoms in total. The van der Waals surface area contributed by atoms with E-state index in [1.54, 1.807) is 30.5 Å². The first-order valence-electron chi connectivity index (χ1n) is 7.88. The van der Waals surface area contributed by atoms with E-state index in [1.807, 2.05) is 24.3 Å². The Hall–Kier alpha value is -2.70. The minimum absolute atomic E-state index is 0.155. The molecule has 7 heteroatoms. The van der Waals surface area contributed by atoms with E-state index in [1.165, 1.54) is 18.3 Å². The Kier molecular flexibility index (Phi) is 5.65. The number of thiazole rings is 1. The molecule has 26 heavy (non-hydrogen) atoms. The van der Waals surface area contributed by atoms with E-state index in [-0.39, 0.29) is 11.8 Å². The Balaban J connectivity index is 1.63. The third kappa shape index (κ3) is 4.91. The second kappa shape index (κ2) is 8.12. The van der Waals surface area contributed by atoms with E-state index in [0.29, 0.717) is 27.8 Å². The van der Waals surface area contributed by atoms with Crippen LogP contribution in [0.5, 0.6) is 0 Å². The number of nitrogens with one attached hydrogen (secondary N) is 2. The Labute approximate surface area is 160 Å². The largest absolute Gasteiger partial charge is 0.326 e. The van der Waals surface area contributed by atoms with Crippen molar-refractivity contribution in [1.82, 2.24) is 4.98 Å². The number of anilines is 2. The first kappa shape index (κ1) is 18.1. The van der Waals surface area contributed by atoms with Crippen molar-refractivity contribution in [3.63, 3.8) is 0 Å². The van der Waals surface area contributed by atoms with Crippen molar-refractivity contribution in [2.75, 3.05) is 10.6 Å². The van der Waals surface area contributed by atoms with Crippen molar-refractivity contribution in [3.8, 4) is 0 Å². The molecule has 3 aromatic rings. The van der Waals surface area contributed by atoms with Crippen molar-refractivity contribution in [2.45, 2.75) is 13.3 Å². The molecule has 0 aliphatic rings. The van der Waals surface area contributed by atoms with Crippen molar-refractivity contribution in [3.05, 3.63) is 75.8 Å². The molecule has 0 aliphatic carbocycles. The van der Waals surface area contributed by atoms with Gasteiger partial charge in [-0.05, 0) is 42.0 Å². The Morgan fingerprint density at radius 3 is 2.58 bits per heavy atom. The van der Waals surface area contributed by atoms with Crippen LogP contribution in [0.3, 0.4) is 0 Å². The Morgan fingerprint density at radius 2 is 1.88 bits per heavy atom. The minimum atomic E-state index is -0.247. The molecule has 0 atom stereocenters. The fourth-order valence-corrected chi connectivity index (χ4v) is 3.43. The zero-order valence-electron chi connectivity index (χ0n) is 14.0. The summed E-state index contributed by atoms with van der Waals surface area (Å²) in [7, 11) is 0. The summed E-state index contributed by atoms with van der Waals surface area (Å²) in [6.07, 6.45) is 2.46. The van der Waals surface area contributed by atoms with Crippen LogP contribution in [-0.2, 0) is 11.2 Å². The molecular weight excluding hydrogens is 370 g/mol. The highest BCUT2D eigenvalue weighted by Gasteiger charge is 2.10. The fraction of sp³-hybridized carbons (Fsp3) is 0.105. The maximum absolute atomic E-state index is 12.3. The zero-order chi connectivity index (χ0) is 18.5. The molecule has 0 saturated heterocycles. The van der Waals surface area contributed by atoms with Gasteiger partial charge >= 0.3 is 0 Å². The monoisotopic (exact) mass is 385 g/mol. The Morgan fingerprint density at radius 1 is 1.12 bits per heavy atom. The maximum atomic E-state index is 12.3. The number of amides is 2. The topological polar surface area (TPSA) is 71.1 Å². The lowest BCUT2D eigenvalue weighted by Gasteiger charge is -2.04. The molecule has 0 saturated carbocycles. The Bertz CT molecular complexity index is 938. The number of carbonyl (C=O) groups is 2. The van der Waals surface area contributed by atoms with Gasteiger partial charge in [-0.1, -0.05) is 23.7 Å². The third-order valence-corrected chi connectivity index (χ3v) is 4.66. The number of rotatable bonds is 5. The summed E-state index contributed by atoms with van der Waals surface area (Å²) in [5.41, 5.74) is 2.23. The van der Waals surface area contributed by atoms with Gasteiger partial charge in [0.15, 0.2) is 5.13 Å². The zero-order valence-corrected chi connectivity index (χ0v) is 15.5. The van der Waals surface area contributed by atoms with Gasteiger partial charge in [0.1, 0.15) is 0 Å². The van der Waals surface area contributed by atoms with Gasteiger partial charge in [-0.2, -0.15) is 0 Å². The molecule has 0 aliphatic heterocycles. The number of hydrogen-bond donors (Lipinski definition) is 2. The molecule has 2 aromatic carbocycles. The summed E-state index contributed by atoms with van der Waals surface area (Å²) in [6, 6.07) is 14.3. The van der Waals surface area contributed by atoms with Crippen molar-refractivity contribution in [2.24, 2.45) is 0 Å². The SMILES string of the molecule is CC(=O)Nc1ccc(C(=O)Nc2ncc(Cc3cccc(Cl)c3)s2)cc1. The van der Waals surface area contributed by atoms with Gasteiger partial charge in [0.25, 0.3) is 5.91 Å². The molecule has 0 bridgehead atoms. The maximum Gasteiger partial charge on any atom is 0.257 e. The standard InChI is InChI=1S/C19H16ClN3O2S/c1-12(24)22-16-7-5-14(6-8-16)18(25)23-19-21-11-17(26-19)10-13-3-2-4-15(20)9-13/h2-9,11H,10H2,1H3,(H,22,24)(H,21,23,25). The van der Waals surface area contributed by atoms with E-state index < -0.39 is 0 Å². The van der Waals surface area contributed by atoms with Gasteiger partial charge in [-0.15, -0.1) is 11.3 Å². The number of benzene rings is 2. The first-order chi connectivity index (χ1) is 12.5. The predicted octanol–water partition coefficient (Wildman–Crippen LogP) is 4.60. The van der Waals surface area contributed by atoms with E-state index >= 15 is 0 Å². The van der Waals surface area contributed by atoms with E-state index in [4.69, 9.17) is 11.6 Å². The van der Waals surface area contributed by atoms with Crippen molar-refractivity contribution < 1.29 is 9.59 Å². The average molecular weight is 386 g/mol. The van der Waals surface area contributed by atoms with Crippen LogP contribution in [0.15, 0.2) is 54.7 Å². The van der Waals surface area contributed by atoms with E-state index in [0.717, 1.165) is 10.4 Å². The van der Waals surface area contributed by atoms with Crippen LogP contribution in [0.25, 0.3) is 0 Å². The quantitative estimate of drug-likeness (QED) is 0.674. The fourth-order valence-electron chi connectivity index (χ4n) is 2.37. The molecule has 0 unspecified atom stereocenters. The van der Waals surface area contributed by atoms with Crippen molar-refractivity contribution >= 4 is 45.6 Å². The van der Waals surface area contributed by atoms with Crippen LogP contribution in [-0.4, -0.2) is 16.8 Å². The molecule has 3 rings (SSSR count). The van der Waals surface area contributed by atoms with Gasteiger partial charge in [-0.25, -0.2) is 4.98 Å². The summed E-state index contributed by atoms with van der Waals surface area (Å²) in [4.78, 5) is 28.6. The highest BCUT2D eigenvalue weighted by Crippen LogP contribution is 2.23. The summed E-state index contributed by atoms with van der Waals surface area (Å²) in [6.45, 7) is 1.43. The minimum Gasteiger partial charge on any atom is -0.326 e. The summed E-state index contributed by atoms with van der Waals surface area (Å²) in [5, 5.41) is 6.69. The number of halogens is 1. The molecule has 0 radical (unpaired) electrons. The van der Waals surface area contributed by atoms with E-state index in [9.17, 15) is 9.59 Å². The summed E-state index contributed by atoms with van der Waals surface area (Å²) >= 11 is 7.42. The second-order valence-corrected chi connectivity index (χ2v) is 7.20. The molecule has 2 N–H and O–H groups in total. The van der Waals surface area contributed by atoms with Crippen molar-refractivity contribution in [1.29, 1.82) is 0 Å². The van der Waals surface area contributed by atoms with Crippen LogP contribution in [0.2, 0.25) is 5.02 Å². The van der Waals surface area contributed by atoms with Gasteiger partial charge in [0, 0.05) is 40.7 Å². The molecule has 132 valence electrons. The highest BCUT2D eigenvalue weighted by atomic mass is 35.5. The molecule has 0 fully saturated rings. The van der Waals surface area contributed by atoms with E-state index in [2.05, 4.69) is 15.6 Å². The van der Waals surface area contributed by atoms with Gasteiger partial charge in [-0.3, -0.25) is 14.9 Å². The molecule has 0 spiro atoms. The molecule has 1 heterocycles. The first-order valence-corrected chi connectivity index (χ1v) is 9.07. The smallest absolute Gasteiger partial charge is 0.257 e. The lowest BCUT2D eigenvalue weighted by molar-refractivity contribution is -0.114. The number of aromatic nitrogens is 1. The lowest BCUT2D eigenvalue weighted by atomic mass is 10.1. The van der Waals surface area contributed by atoms with Gasteiger partial charge < -0.3 is 5.32 Å². The molecule has 2 amide bonds. The summed E-state index contributed by atoms with van der Waals surface area (Å²) in [5.74, 6) is -0.403. The highest BCUT2D eigenvalue weighted by molar-refractivity contribution is 7.15. The van der Waals surface area contributed by atoms with Gasteiger partial charge in [0.05, 0.1) is 0 Å². The third-order valence-electron chi connectivity index (χ3n) is 3.51.